The number of piperidine rings is 1. The molecule has 2 aliphatic heterocycles. The van der Waals surface area contributed by atoms with Crippen molar-refractivity contribution in [1.29, 1.82) is 0 Å². The summed E-state index contributed by atoms with van der Waals surface area (Å²) in [7, 11) is 0. The first-order valence-electron chi connectivity index (χ1n) is 10.8. The maximum absolute atomic E-state index is 12.9. The molecule has 0 bridgehead atoms. The number of nitrogens with zero attached hydrogens (tertiary/aromatic N) is 4. The summed E-state index contributed by atoms with van der Waals surface area (Å²) < 4.78 is 5.38. The number of morpholine rings is 1. The second kappa shape index (κ2) is 9.84. The number of likely N-dealkylation sites (tertiary alicyclic amines) is 1. The highest BCUT2D eigenvalue weighted by Crippen LogP contribution is 2.26. The van der Waals surface area contributed by atoms with Crippen LogP contribution in [-0.4, -0.2) is 77.2 Å². The van der Waals surface area contributed by atoms with Crippen molar-refractivity contribution in [3.63, 3.8) is 0 Å². The fraction of sp³-hybridized carbons (Fsp3) is 0.545. The van der Waals surface area contributed by atoms with Gasteiger partial charge in [-0.05, 0) is 38.8 Å². The molecule has 9 heteroatoms. The quantitative estimate of drug-likeness (QED) is 0.764. The molecule has 1 aromatic carbocycles. The molecule has 4 rings (SSSR count). The Balaban J connectivity index is 1.30. The average molecular weight is 444 g/mol. The van der Waals surface area contributed by atoms with E-state index in [4.69, 9.17) is 4.74 Å². The van der Waals surface area contributed by atoms with E-state index in [2.05, 4.69) is 20.4 Å². The van der Waals surface area contributed by atoms with E-state index in [-0.39, 0.29) is 23.8 Å². The summed E-state index contributed by atoms with van der Waals surface area (Å²) in [5.74, 6) is 0.0786. The molecule has 0 radical (unpaired) electrons. The number of hydrogen-bond acceptors (Lipinski definition) is 7. The van der Waals surface area contributed by atoms with Gasteiger partial charge in [0.15, 0.2) is 0 Å². The molecule has 8 nitrogen and oxygen atoms in total. The Kier molecular flexibility index (Phi) is 6.94. The van der Waals surface area contributed by atoms with E-state index >= 15 is 0 Å². The molecule has 0 spiro atoms. The fourth-order valence-electron chi connectivity index (χ4n) is 4.13. The SMILES string of the molecule is Cc1nnc(-c2cccc(NC(=O)C3CCN(C(=O)C(C)N4CCOCC4)CC3)c2)s1. The minimum atomic E-state index is -0.138. The van der Waals surface area contributed by atoms with E-state index in [1.165, 1.54) is 11.3 Å². The zero-order chi connectivity index (χ0) is 21.8. The van der Waals surface area contributed by atoms with Gasteiger partial charge in [-0.2, -0.15) is 0 Å². The van der Waals surface area contributed by atoms with Crippen LogP contribution in [0.25, 0.3) is 10.6 Å². The van der Waals surface area contributed by atoms with Crippen LogP contribution in [0.1, 0.15) is 24.8 Å². The second-order valence-electron chi connectivity index (χ2n) is 8.12. The number of hydrogen-bond donors (Lipinski definition) is 1. The van der Waals surface area contributed by atoms with Gasteiger partial charge in [0.1, 0.15) is 10.0 Å². The predicted octanol–water partition coefficient (Wildman–Crippen LogP) is 2.41. The van der Waals surface area contributed by atoms with Gasteiger partial charge in [0.2, 0.25) is 11.8 Å². The van der Waals surface area contributed by atoms with E-state index in [0.717, 1.165) is 34.4 Å². The predicted molar refractivity (Wildman–Crippen MR) is 120 cm³/mol. The lowest BCUT2D eigenvalue weighted by Gasteiger charge is -2.37. The number of aryl methyl sites for hydroxylation is 1. The average Bonchev–Trinajstić information content (AvgIpc) is 3.25. The summed E-state index contributed by atoms with van der Waals surface area (Å²) in [6, 6.07) is 7.56. The van der Waals surface area contributed by atoms with Crippen LogP contribution in [0.2, 0.25) is 0 Å². The highest BCUT2D eigenvalue weighted by molar-refractivity contribution is 7.14. The summed E-state index contributed by atoms with van der Waals surface area (Å²) in [4.78, 5) is 29.8. The van der Waals surface area contributed by atoms with Crippen LogP contribution in [0.3, 0.4) is 0 Å². The van der Waals surface area contributed by atoms with Gasteiger partial charge in [-0.15, -0.1) is 10.2 Å². The third-order valence-electron chi connectivity index (χ3n) is 6.03. The molecule has 31 heavy (non-hydrogen) atoms. The number of carbonyl (C=O) groups excluding carboxylic acids is 2. The molecular weight excluding hydrogens is 414 g/mol. The van der Waals surface area contributed by atoms with Crippen molar-refractivity contribution in [1.82, 2.24) is 20.0 Å². The van der Waals surface area contributed by atoms with E-state index in [1.54, 1.807) is 0 Å². The van der Waals surface area contributed by atoms with Gasteiger partial charge in [-0.3, -0.25) is 14.5 Å². The standard InChI is InChI=1S/C22H29N5O3S/c1-15(26-10-12-30-13-11-26)22(29)27-8-6-17(7-9-27)20(28)23-19-5-3-4-18(14-19)21-25-24-16(2)31-21/h3-5,14-15,17H,6-13H2,1-2H3,(H,23,28). The number of nitrogens with one attached hydrogen (secondary N) is 1. The molecule has 1 unspecified atom stereocenters. The molecular formula is C22H29N5O3S. The molecule has 1 atom stereocenters. The minimum Gasteiger partial charge on any atom is -0.379 e. The lowest BCUT2D eigenvalue weighted by atomic mass is 9.95. The molecule has 3 heterocycles. The Morgan fingerprint density at radius 1 is 1.16 bits per heavy atom. The normalized spacial score (nSPS) is 19.2. The molecule has 1 N–H and O–H groups in total. The summed E-state index contributed by atoms with van der Waals surface area (Å²) in [5.41, 5.74) is 1.70. The Bertz CT molecular complexity index is 919. The van der Waals surface area contributed by atoms with Gasteiger partial charge in [0.25, 0.3) is 0 Å². The zero-order valence-corrected chi connectivity index (χ0v) is 18.9. The zero-order valence-electron chi connectivity index (χ0n) is 18.0. The van der Waals surface area contributed by atoms with Crippen molar-refractivity contribution >= 4 is 28.8 Å². The van der Waals surface area contributed by atoms with Crippen LogP contribution >= 0.6 is 11.3 Å². The van der Waals surface area contributed by atoms with Crippen molar-refractivity contribution in [2.45, 2.75) is 32.7 Å². The maximum Gasteiger partial charge on any atom is 0.239 e. The van der Waals surface area contributed by atoms with Crippen LogP contribution in [0.15, 0.2) is 24.3 Å². The summed E-state index contributed by atoms with van der Waals surface area (Å²) in [5, 5.41) is 13.0. The number of amides is 2. The van der Waals surface area contributed by atoms with Crippen LogP contribution in [-0.2, 0) is 14.3 Å². The first-order valence-corrected chi connectivity index (χ1v) is 11.6. The molecule has 166 valence electrons. The van der Waals surface area contributed by atoms with Gasteiger partial charge in [0, 0.05) is 43.3 Å². The minimum absolute atomic E-state index is 0.0129. The van der Waals surface area contributed by atoms with Gasteiger partial charge >= 0.3 is 0 Å². The van der Waals surface area contributed by atoms with Crippen molar-refractivity contribution in [2.75, 3.05) is 44.7 Å². The number of ether oxygens (including phenoxy) is 1. The van der Waals surface area contributed by atoms with Gasteiger partial charge in [-0.1, -0.05) is 23.5 Å². The first-order chi connectivity index (χ1) is 15.0. The highest BCUT2D eigenvalue weighted by atomic mass is 32.1. The third kappa shape index (κ3) is 5.28. The Morgan fingerprint density at radius 2 is 1.90 bits per heavy atom. The Hall–Kier alpha value is -2.36. The van der Waals surface area contributed by atoms with Crippen molar-refractivity contribution in [2.24, 2.45) is 5.92 Å². The van der Waals surface area contributed by atoms with Crippen LogP contribution < -0.4 is 5.32 Å². The van der Waals surface area contributed by atoms with Crippen LogP contribution in [0.5, 0.6) is 0 Å². The molecule has 1 aromatic heterocycles. The molecule has 0 aliphatic carbocycles. The largest absolute Gasteiger partial charge is 0.379 e. The lowest BCUT2D eigenvalue weighted by Crippen LogP contribution is -2.52. The topological polar surface area (TPSA) is 87.7 Å². The van der Waals surface area contributed by atoms with E-state index in [9.17, 15) is 9.59 Å². The van der Waals surface area contributed by atoms with Crippen LogP contribution in [0, 0.1) is 12.8 Å². The molecule has 2 saturated heterocycles. The highest BCUT2D eigenvalue weighted by Gasteiger charge is 2.32. The molecule has 2 aromatic rings. The van der Waals surface area contributed by atoms with Crippen molar-refractivity contribution in [3.8, 4) is 10.6 Å². The number of aromatic nitrogens is 2. The smallest absolute Gasteiger partial charge is 0.239 e. The number of carbonyl (C=O) groups is 2. The second-order valence-corrected chi connectivity index (χ2v) is 9.30. The van der Waals surface area contributed by atoms with Crippen molar-refractivity contribution in [3.05, 3.63) is 29.3 Å². The van der Waals surface area contributed by atoms with Gasteiger partial charge in [-0.25, -0.2) is 0 Å². The number of anilines is 1. The molecule has 2 fully saturated rings. The third-order valence-corrected chi connectivity index (χ3v) is 6.92. The number of benzene rings is 1. The first kappa shape index (κ1) is 21.9. The fourth-order valence-corrected chi connectivity index (χ4v) is 4.82. The Morgan fingerprint density at radius 3 is 2.58 bits per heavy atom. The number of rotatable bonds is 5. The van der Waals surface area contributed by atoms with Crippen LogP contribution in [0.4, 0.5) is 5.69 Å². The lowest BCUT2D eigenvalue weighted by molar-refractivity contribution is -0.140. The molecule has 0 saturated carbocycles. The van der Waals surface area contributed by atoms with Crippen molar-refractivity contribution < 1.29 is 14.3 Å². The summed E-state index contributed by atoms with van der Waals surface area (Å²) >= 11 is 1.53. The van der Waals surface area contributed by atoms with Gasteiger partial charge in [0.05, 0.1) is 19.3 Å². The summed E-state index contributed by atoms with van der Waals surface area (Å²) in [6.45, 7) is 8.08. The summed E-state index contributed by atoms with van der Waals surface area (Å²) in [6.07, 6.45) is 1.37. The van der Waals surface area contributed by atoms with E-state index < -0.39 is 0 Å². The maximum atomic E-state index is 12.9. The van der Waals surface area contributed by atoms with Gasteiger partial charge < -0.3 is 15.0 Å². The monoisotopic (exact) mass is 443 g/mol. The van der Waals surface area contributed by atoms with E-state index in [0.29, 0.717) is 39.1 Å². The van der Waals surface area contributed by atoms with E-state index in [1.807, 2.05) is 43.0 Å². The Labute approximate surface area is 186 Å². The molecule has 2 amide bonds. The molecule has 2 aliphatic rings.